The highest BCUT2D eigenvalue weighted by Crippen LogP contribution is 2.31. The summed E-state index contributed by atoms with van der Waals surface area (Å²) in [5.74, 6) is -0.226. The van der Waals surface area contributed by atoms with Crippen LogP contribution < -0.4 is 5.32 Å². The van der Waals surface area contributed by atoms with E-state index >= 15 is 0 Å². The minimum atomic E-state index is -0.226. The molecule has 0 fully saturated rings. The quantitative estimate of drug-likeness (QED) is 0.914. The molecule has 2 rings (SSSR count). The molecule has 0 aliphatic rings. The fraction of sp³-hybridized carbons (Fsp3) is 0.385. The van der Waals surface area contributed by atoms with Gasteiger partial charge in [-0.1, -0.05) is 26.0 Å². The van der Waals surface area contributed by atoms with E-state index in [1.54, 1.807) is 17.0 Å². The summed E-state index contributed by atoms with van der Waals surface area (Å²) in [6, 6.07) is 5.48. The van der Waals surface area contributed by atoms with E-state index in [-0.39, 0.29) is 5.82 Å². The van der Waals surface area contributed by atoms with Crippen LogP contribution in [0, 0.1) is 5.82 Å². The molecule has 0 unspecified atom stereocenters. The van der Waals surface area contributed by atoms with Crippen molar-refractivity contribution in [2.24, 2.45) is 7.05 Å². The van der Waals surface area contributed by atoms with Crippen LogP contribution in [0.4, 0.5) is 4.39 Å². The van der Waals surface area contributed by atoms with E-state index in [0.29, 0.717) is 22.6 Å². The number of nitrogens with zero attached hydrogens (tertiary/aromatic N) is 3. The Morgan fingerprint density at radius 3 is 2.84 bits per heavy atom. The third-order valence-electron chi connectivity index (χ3n) is 2.61. The van der Waals surface area contributed by atoms with Crippen molar-refractivity contribution < 1.29 is 4.39 Å². The summed E-state index contributed by atoms with van der Waals surface area (Å²) in [6.45, 7) is 4.76. The summed E-state index contributed by atoms with van der Waals surface area (Å²) >= 11 is 1.30. The van der Waals surface area contributed by atoms with Gasteiger partial charge in [0.1, 0.15) is 12.1 Å². The van der Waals surface area contributed by atoms with Crippen LogP contribution in [0.2, 0.25) is 0 Å². The van der Waals surface area contributed by atoms with Gasteiger partial charge in [0.2, 0.25) is 0 Å². The van der Waals surface area contributed by atoms with E-state index in [4.69, 9.17) is 0 Å². The number of hydrogen-bond acceptors (Lipinski definition) is 4. The summed E-state index contributed by atoms with van der Waals surface area (Å²) < 4.78 is 15.8. The highest BCUT2D eigenvalue weighted by atomic mass is 32.2. The first-order valence-corrected chi connectivity index (χ1v) is 6.92. The van der Waals surface area contributed by atoms with E-state index in [0.717, 1.165) is 5.56 Å². The Hall–Kier alpha value is -1.40. The SMILES string of the molecule is CC(C)NCc1cccc(F)c1Sc1nncn1C. The van der Waals surface area contributed by atoms with Crippen molar-refractivity contribution in [3.05, 3.63) is 35.9 Å². The lowest BCUT2D eigenvalue weighted by Crippen LogP contribution is -2.22. The molecule has 19 heavy (non-hydrogen) atoms. The number of hydrogen-bond donors (Lipinski definition) is 1. The third kappa shape index (κ3) is 3.54. The summed E-state index contributed by atoms with van der Waals surface area (Å²) in [4.78, 5) is 0.603. The van der Waals surface area contributed by atoms with Crippen molar-refractivity contribution in [3.8, 4) is 0 Å². The molecule has 4 nitrogen and oxygen atoms in total. The van der Waals surface area contributed by atoms with Crippen LogP contribution in [0.5, 0.6) is 0 Å². The van der Waals surface area contributed by atoms with Crippen molar-refractivity contribution in [1.82, 2.24) is 20.1 Å². The van der Waals surface area contributed by atoms with Crippen molar-refractivity contribution >= 4 is 11.8 Å². The molecule has 0 spiro atoms. The Kier molecular flexibility index (Phi) is 4.55. The van der Waals surface area contributed by atoms with E-state index in [1.807, 2.05) is 13.1 Å². The zero-order chi connectivity index (χ0) is 13.8. The summed E-state index contributed by atoms with van der Waals surface area (Å²) in [5, 5.41) is 11.8. The fourth-order valence-corrected chi connectivity index (χ4v) is 2.48. The first kappa shape index (κ1) is 14.0. The fourth-order valence-electron chi connectivity index (χ4n) is 1.58. The van der Waals surface area contributed by atoms with Crippen LogP contribution in [-0.4, -0.2) is 20.8 Å². The smallest absolute Gasteiger partial charge is 0.195 e. The van der Waals surface area contributed by atoms with Crippen LogP contribution in [0.25, 0.3) is 0 Å². The summed E-state index contributed by atoms with van der Waals surface area (Å²) in [6.07, 6.45) is 1.61. The molecule has 1 N–H and O–H groups in total. The average Bonchev–Trinajstić information content (AvgIpc) is 2.76. The molecule has 0 amide bonds. The van der Waals surface area contributed by atoms with Gasteiger partial charge in [0.05, 0.1) is 4.90 Å². The van der Waals surface area contributed by atoms with Gasteiger partial charge in [-0.2, -0.15) is 0 Å². The molecule has 1 aromatic heterocycles. The standard InChI is InChI=1S/C13H17FN4S/c1-9(2)15-7-10-5-4-6-11(14)12(10)19-13-17-16-8-18(13)3/h4-6,8-9,15H,7H2,1-3H3. The van der Waals surface area contributed by atoms with Gasteiger partial charge in [0.25, 0.3) is 0 Å². The molecule has 0 aliphatic carbocycles. The second kappa shape index (κ2) is 6.16. The van der Waals surface area contributed by atoms with E-state index in [1.165, 1.54) is 17.8 Å². The predicted molar refractivity (Wildman–Crippen MR) is 73.5 cm³/mol. The zero-order valence-corrected chi connectivity index (χ0v) is 12.0. The van der Waals surface area contributed by atoms with Gasteiger partial charge in [0, 0.05) is 19.6 Å². The molecule has 0 saturated carbocycles. The first-order chi connectivity index (χ1) is 9.08. The highest BCUT2D eigenvalue weighted by Gasteiger charge is 2.13. The lowest BCUT2D eigenvalue weighted by atomic mass is 10.2. The van der Waals surface area contributed by atoms with Crippen LogP contribution in [0.1, 0.15) is 19.4 Å². The van der Waals surface area contributed by atoms with Crippen LogP contribution in [-0.2, 0) is 13.6 Å². The molecule has 102 valence electrons. The highest BCUT2D eigenvalue weighted by molar-refractivity contribution is 7.99. The second-order valence-electron chi connectivity index (χ2n) is 4.59. The molecule has 0 radical (unpaired) electrons. The third-order valence-corrected chi connectivity index (χ3v) is 3.83. The van der Waals surface area contributed by atoms with Crippen LogP contribution in [0.3, 0.4) is 0 Å². The molecule has 0 aliphatic heterocycles. The maximum Gasteiger partial charge on any atom is 0.195 e. The average molecular weight is 280 g/mol. The Morgan fingerprint density at radius 2 is 2.21 bits per heavy atom. The molecular weight excluding hydrogens is 263 g/mol. The van der Waals surface area contributed by atoms with Gasteiger partial charge in [0.15, 0.2) is 5.16 Å². The van der Waals surface area contributed by atoms with Gasteiger partial charge in [-0.25, -0.2) is 4.39 Å². The van der Waals surface area contributed by atoms with Gasteiger partial charge in [-0.3, -0.25) is 0 Å². The monoisotopic (exact) mass is 280 g/mol. The molecule has 0 saturated heterocycles. The van der Waals surface area contributed by atoms with Gasteiger partial charge in [-0.15, -0.1) is 10.2 Å². The van der Waals surface area contributed by atoms with Crippen molar-refractivity contribution in [2.75, 3.05) is 0 Å². The molecular formula is C13H17FN4S. The maximum absolute atomic E-state index is 14.0. The largest absolute Gasteiger partial charge is 0.311 e. The van der Waals surface area contributed by atoms with Gasteiger partial charge in [-0.05, 0) is 23.4 Å². The normalized spacial score (nSPS) is 11.2. The molecule has 1 aromatic carbocycles. The van der Waals surface area contributed by atoms with E-state index in [2.05, 4.69) is 29.4 Å². The van der Waals surface area contributed by atoms with Gasteiger partial charge >= 0.3 is 0 Å². The Morgan fingerprint density at radius 1 is 1.42 bits per heavy atom. The van der Waals surface area contributed by atoms with Crippen molar-refractivity contribution in [2.45, 2.75) is 36.5 Å². The molecule has 6 heteroatoms. The second-order valence-corrected chi connectivity index (χ2v) is 5.57. The Labute approximate surface area is 116 Å². The molecule has 0 atom stereocenters. The minimum Gasteiger partial charge on any atom is -0.311 e. The number of rotatable bonds is 5. The van der Waals surface area contributed by atoms with E-state index < -0.39 is 0 Å². The number of nitrogens with one attached hydrogen (secondary N) is 1. The van der Waals surface area contributed by atoms with Crippen LogP contribution in [0.15, 0.2) is 34.6 Å². The van der Waals surface area contributed by atoms with Crippen LogP contribution >= 0.6 is 11.8 Å². The number of aryl methyl sites for hydroxylation is 1. The molecule has 0 bridgehead atoms. The lowest BCUT2D eigenvalue weighted by Gasteiger charge is -2.12. The van der Waals surface area contributed by atoms with Crippen molar-refractivity contribution in [1.29, 1.82) is 0 Å². The maximum atomic E-state index is 14.0. The first-order valence-electron chi connectivity index (χ1n) is 6.10. The predicted octanol–water partition coefficient (Wildman–Crippen LogP) is 2.60. The number of aromatic nitrogens is 3. The molecule has 1 heterocycles. The summed E-state index contributed by atoms with van der Waals surface area (Å²) in [5.41, 5.74) is 0.932. The Bertz CT molecular complexity index is 553. The van der Waals surface area contributed by atoms with E-state index in [9.17, 15) is 4.39 Å². The lowest BCUT2D eigenvalue weighted by molar-refractivity contribution is 0.564. The number of halogens is 1. The summed E-state index contributed by atoms with van der Waals surface area (Å²) in [7, 11) is 1.84. The molecule has 2 aromatic rings. The zero-order valence-electron chi connectivity index (χ0n) is 11.2. The Balaban J connectivity index is 2.25. The van der Waals surface area contributed by atoms with Gasteiger partial charge < -0.3 is 9.88 Å². The minimum absolute atomic E-state index is 0.226. The van der Waals surface area contributed by atoms with Crippen molar-refractivity contribution in [3.63, 3.8) is 0 Å². The number of benzene rings is 1. The topological polar surface area (TPSA) is 42.7 Å².